The summed E-state index contributed by atoms with van der Waals surface area (Å²) in [7, 11) is 0. The van der Waals surface area contributed by atoms with Crippen molar-refractivity contribution in [3.8, 4) is 5.75 Å². The van der Waals surface area contributed by atoms with Crippen LogP contribution < -0.4 is 4.74 Å². The Morgan fingerprint density at radius 2 is 1.57 bits per heavy atom. The van der Waals surface area contributed by atoms with Crippen LogP contribution in [0.3, 0.4) is 0 Å². The van der Waals surface area contributed by atoms with E-state index in [0.717, 1.165) is 22.4 Å². The average molecular weight is 284 g/mol. The van der Waals surface area contributed by atoms with Crippen molar-refractivity contribution < 1.29 is 14.3 Å². The molecular formula is C18H20O3. The minimum Gasteiger partial charge on any atom is -0.489 e. The van der Waals surface area contributed by atoms with Crippen molar-refractivity contribution in [3.05, 3.63) is 65.2 Å². The standard InChI is InChI=1S/C18H20O3/c1-14-7-6-8-15(2)18(14)21-12-11-20-17(19)13-16-9-4-3-5-10-16/h3-10H,11-13H2,1-2H3. The summed E-state index contributed by atoms with van der Waals surface area (Å²) in [5, 5.41) is 0. The molecule has 0 unspecified atom stereocenters. The molecule has 0 atom stereocenters. The largest absolute Gasteiger partial charge is 0.489 e. The van der Waals surface area contributed by atoms with Gasteiger partial charge in [0, 0.05) is 0 Å². The second-order valence-electron chi connectivity index (χ2n) is 4.95. The molecule has 0 heterocycles. The molecule has 2 rings (SSSR count). The molecule has 0 saturated heterocycles. The van der Waals surface area contributed by atoms with E-state index in [2.05, 4.69) is 0 Å². The van der Waals surface area contributed by atoms with Crippen LogP contribution in [0.5, 0.6) is 5.75 Å². The van der Waals surface area contributed by atoms with Crippen molar-refractivity contribution in [1.82, 2.24) is 0 Å². The Hall–Kier alpha value is -2.29. The monoisotopic (exact) mass is 284 g/mol. The summed E-state index contributed by atoms with van der Waals surface area (Å²) < 4.78 is 10.9. The molecule has 0 saturated carbocycles. The van der Waals surface area contributed by atoms with E-state index in [9.17, 15) is 4.79 Å². The van der Waals surface area contributed by atoms with E-state index < -0.39 is 0 Å². The second kappa shape index (κ2) is 7.48. The maximum Gasteiger partial charge on any atom is 0.310 e. The molecule has 0 N–H and O–H groups in total. The summed E-state index contributed by atoms with van der Waals surface area (Å²) in [4.78, 5) is 11.7. The van der Waals surface area contributed by atoms with E-state index in [1.54, 1.807) is 0 Å². The Balaban J connectivity index is 1.74. The van der Waals surface area contributed by atoms with Crippen molar-refractivity contribution in [1.29, 1.82) is 0 Å². The van der Waals surface area contributed by atoms with Crippen molar-refractivity contribution in [2.45, 2.75) is 20.3 Å². The highest BCUT2D eigenvalue weighted by atomic mass is 16.6. The zero-order valence-electron chi connectivity index (χ0n) is 12.5. The van der Waals surface area contributed by atoms with E-state index >= 15 is 0 Å². The number of hydrogen-bond donors (Lipinski definition) is 0. The third-order valence-corrected chi connectivity index (χ3v) is 3.19. The van der Waals surface area contributed by atoms with Gasteiger partial charge in [0.2, 0.25) is 0 Å². The van der Waals surface area contributed by atoms with Gasteiger partial charge in [0.05, 0.1) is 6.42 Å². The second-order valence-corrected chi connectivity index (χ2v) is 4.95. The van der Waals surface area contributed by atoms with Crippen molar-refractivity contribution in [2.24, 2.45) is 0 Å². The molecule has 3 nitrogen and oxygen atoms in total. The van der Waals surface area contributed by atoms with E-state index in [4.69, 9.17) is 9.47 Å². The van der Waals surface area contributed by atoms with Gasteiger partial charge < -0.3 is 9.47 Å². The maximum absolute atomic E-state index is 11.7. The molecule has 0 fully saturated rings. The normalized spacial score (nSPS) is 10.2. The lowest BCUT2D eigenvalue weighted by molar-refractivity contribution is -0.143. The molecule has 0 aromatic heterocycles. The lowest BCUT2D eigenvalue weighted by Crippen LogP contribution is -2.14. The third-order valence-electron chi connectivity index (χ3n) is 3.19. The minimum atomic E-state index is -0.230. The molecular weight excluding hydrogens is 264 g/mol. The molecule has 0 aliphatic heterocycles. The molecule has 0 aliphatic rings. The van der Waals surface area contributed by atoms with Gasteiger partial charge in [0.1, 0.15) is 19.0 Å². The van der Waals surface area contributed by atoms with Crippen LogP contribution in [0.4, 0.5) is 0 Å². The number of carbonyl (C=O) groups is 1. The van der Waals surface area contributed by atoms with Gasteiger partial charge in [-0.15, -0.1) is 0 Å². The van der Waals surface area contributed by atoms with Crippen LogP contribution in [0.1, 0.15) is 16.7 Å². The van der Waals surface area contributed by atoms with Crippen molar-refractivity contribution in [2.75, 3.05) is 13.2 Å². The van der Waals surface area contributed by atoms with Crippen LogP contribution in [-0.4, -0.2) is 19.2 Å². The molecule has 0 bridgehead atoms. The fourth-order valence-electron chi connectivity index (χ4n) is 2.14. The molecule has 110 valence electrons. The first-order valence-electron chi connectivity index (χ1n) is 7.05. The first-order valence-corrected chi connectivity index (χ1v) is 7.05. The van der Waals surface area contributed by atoms with Crippen LogP contribution in [0.25, 0.3) is 0 Å². The highest BCUT2D eigenvalue weighted by molar-refractivity contribution is 5.72. The smallest absolute Gasteiger partial charge is 0.310 e. The molecule has 2 aromatic carbocycles. The van der Waals surface area contributed by atoms with Gasteiger partial charge in [-0.05, 0) is 30.5 Å². The lowest BCUT2D eigenvalue weighted by Gasteiger charge is -2.12. The number of ether oxygens (including phenoxy) is 2. The first-order chi connectivity index (χ1) is 10.2. The van der Waals surface area contributed by atoms with Gasteiger partial charge >= 0.3 is 5.97 Å². The summed E-state index contributed by atoms with van der Waals surface area (Å²) >= 11 is 0. The first kappa shape index (κ1) is 15.1. The summed E-state index contributed by atoms with van der Waals surface area (Å²) in [5.41, 5.74) is 3.13. The Morgan fingerprint density at radius 3 is 2.24 bits per heavy atom. The predicted molar refractivity (Wildman–Crippen MR) is 82.5 cm³/mol. The van der Waals surface area contributed by atoms with Crippen LogP contribution in [0, 0.1) is 13.8 Å². The van der Waals surface area contributed by atoms with Gasteiger partial charge in [-0.2, -0.15) is 0 Å². The number of esters is 1. The predicted octanol–water partition coefficient (Wildman–Crippen LogP) is 3.47. The highest BCUT2D eigenvalue weighted by Gasteiger charge is 2.06. The zero-order valence-corrected chi connectivity index (χ0v) is 12.5. The highest BCUT2D eigenvalue weighted by Crippen LogP contribution is 2.21. The summed E-state index contributed by atoms with van der Waals surface area (Å²) in [5.74, 6) is 0.642. The van der Waals surface area contributed by atoms with E-state index in [0.29, 0.717) is 13.0 Å². The molecule has 0 radical (unpaired) electrons. The molecule has 0 spiro atoms. The lowest BCUT2D eigenvalue weighted by atomic mass is 10.1. The summed E-state index contributed by atoms with van der Waals surface area (Å²) in [6.45, 7) is 4.64. The number of benzene rings is 2. The molecule has 3 heteroatoms. The van der Waals surface area contributed by atoms with Gasteiger partial charge in [0.25, 0.3) is 0 Å². The third kappa shape index (κ3) is 4.63. The van der Waals surface area contributed by atoms with Gasteiger partial charge in [0.15, 0.2) is 0 Å². The van der Waals surface area contributed by atoms with Gasteiger partial charge in [-0.1, -0.05) is 48.5 Å². The molecule has 0 amide bonds. The fraction of sp³-hybridized carbons (Fsp3) is 0.278. The van der Waals surface area contributed by atoms with Crippen LogP contribution in [0.15, 0.2) is 48.5 Å². The SMILES string of the molecule is Cc1cccc(C)c1OCCOC(=O)Cc1ccccc1. The summed E-state index contributed by atoms with van der Waals surface area (Å²) in [6.07, 6.45) is 0.296. The zero-order chi connectivity index (χ0) is 15.1. The number of aryl methyl sites for hydroxylation is 2. The number of hydrogen-bond acceptors (Lipinski definition) is 3. The van der Waals surface area contributed by atoms with E-state index in [-0.39, 0.29) is 12.6 Å². The summed E-state index contributed by atoms with van der Waals surface area (Å²) in [6, 6.07) is 15.6. The van der Waals surface area contributed by atoms with Crippen LogP contribution in [0.2, 0.25) is 0 Å². The number of carbonyl (C=O) groups excluding carboxylic acids is 1. The Labute approximate surface area is 125 Å². The molecule has 2 aromatic rings. The topological polar surface area (TPSA) is 35.5 Å². The fourth-order valence-corrected chi connectivity index (χ4v) is 2.14. The van der Waals surface area contributed by atoms with Crippen molar-refractivity contribution >= 4 is 5.97 Å². The van der Waals surface area contributed by atoms with Gasteiger partial charge in [-0.3, -0.25) is 4.79 Å². The van der Waals surface area contributed by atoms with Crippen LogP contribution >= 0.6 is 0 Å². The quantitative estimate of drug-likeness (QED) is 0.602. The Kier molecular flexibility index (Phi) is 5.38. The van der Waals surface area contributed by atoms with E-state index in [1.807, 2.05) is 62.4 Å². The number of rotatable bonds is 6. The maximum atomic E-state index is 11.7. The minimum absolute atomic E-state index is 0.230. The van der Waals surface area contributed by atoms with Gasteiger partial charge in [-0.25, -0.2) is 0 Å². The Morgan fingerprint density at radius 1 is 0.905 bits per heavy atom. The average Bonchev–Trinajstić information content (AvgIpc) is 2.47. The van der Waals surface area contributed by atoms with Crippen molar-refractivity contribution in [3.63, 3.8) is 0 Å². The molecule has 21 heavy (non-hydrogen) atoms. The number of para-hydroxylation sites is 1. The van der Waals surface area contributed by atoms with E-state index in [1.165, 1.54) is 0 Å². The Bertz CT molecular complexity index is 570. The van der Waals surface area contributed by atoms with Crippen LogP contribution in [-0.2, 0) is 16.0 Å². The molecule has 0 aliphatic carbocycles.